The van der Waals surface area contributed by atoms with Crippen LogP contribution in [0.3, 0.4) is 0 Å². The van der Waals surface area contributed by atoms with Gasteiger partial charge in [-0.15, -0.1) is 0 Å². The van der Waals surface area contributed by atoms with Crippen LogP contribution in [0.4, 0.5) is 8.78 Å². The minimum Gasteiger partial charge on any atom is -0.435 e. The molecule has 0 atom stereocenters. The Hall–Kier alpha value is -1.91. The van der Waals surface area contributed by atoms with E-state index in [-0.39, 0.29) is 5.75 Å². The molecule has 0 saturated carbocycles. The average molecular weight is 211 g/mol. The van der Waals surface area contributed by atoms with Crippen molar-refractivity contribution in [1.82, 2.24) is 5.16 Å². The summed E-state index contributed by atoms with van der Waals surface area (Å²) in [5, 5.41) is 3.71. The van der Waals surface area contributed by atoms with Gasteiger partial charge in [-0.2, -0.15) is 8.78 Å². The Morgan fingerprint density at radius 3 is 2.40 bits per heavy atom. The molecule has 5 heteroatoms. The van der Waals surface area contributed by atoms with E-state index in [4.69, 9.17) is 0 Å². The lowest BCUT2D eigenvalue weighted by Gasteiger charge is -2.03. The molecule has 0 aliphatic carbocycles. The highest BCUT2D eigenvalue weighted by Gasteiger charge is 2.05. The van der Waals surface area contributed by atoms with Crippen molar-refractivity contribution in [2.24, 2.45) is 0 Å². The van der Waals surface area contributed by atoms with Crippen LogP contribution in [-0.4, -0.2) is 11.8 Å². The Bertz CT molecular complexity index is 411. The maximum atomic E-state index is 11.8. The lowest BCUT2D eigenvalue weighted by Crippen LogP contribution is -2.01. The lowest BCUT2D eigenvalue weighted by molar-refractivity contribution is -0.0498. The summed E-state index contributed by atoms with van der Waals surface area (Å²) in [6.07, 6.45) is 1.44. The van der Waals surface area contributed by atoms with Crippen LogP contribution in [0.25, 0.3) is 11.3 Å². The predicted octanol–water partition coefficient (Wildman–Crippen LogP) is 2.94. The monoisotopic (exact) mass is 211 g/mol. The van der Waals surface area contributed by atoms with Gasteiger partial charge in [0.15, 0.2) is 0 Å². The largest absolute Gasteiger partial charge is 0.435 e. The highest BCUT2D eigenvalue weighted by Crippen LogP contribution is 2.21. The highest BCUT2D eigenvalue weighted by atomic mass is 19.3. The fourth-order valence-corrected chi connectivity index (χ4v) is 1.17. The molecule has 1 heterocycles. The zero-order chi connectivity index (χ0) is 10.7. The molecule has 0 bridgehead atoms. The third kappa shape index (κ3) is 2.31. The van der Waals surface area contributed by atoms with Crippen LogP contribution in [0.1, 0.15) is 0 Å². The van der Waals surface area contributed by atoms with E-state index in [2.05, 4.69) is 14.4 Å². The number of nitrogens with zero attached hydrogens (tertiary/aromatic N) is 1. The van der Waals surface area contributed by atoms with Crippen molar-refractivity contribution in [3.63, 3.8) is 0 Å². The van der Waals surface area contributed by atoms with Crippen molar-refractivity contribution in [3.05, 3.63) is 36.6 Å². The summed E-state index contributed by atoms with van der Waals surface area (Å²) in [6.45, 7) is -2.80. The molecule has 0 N–H and O–H groups in total. The summed E-state index contributed by atoms with van der Waals surface area (Å²) in [5.41, 5.74) is 1.43. The number of halogens is 2. The summed E-state index contributed by atoms with van der Waals surface area (Å²) in [4.78, 5) is 0. The molecule has 2 aromatic rings. The maximum absolute atomic E-state index is 11.8. The van der Waals surface area contributed by atoms with E-state index in [0.717, 1.165) is 5.56 Å². The molecule has 0 spiro atoms. The van der Waals surface area contributed by atoms with E-state index in [9.17, 15) is 8.78 Å². The Morgan fingerprint density at radius 2 is 1.87 bits per heavy atom. The molecule has 0 unspecified atom stereocenters. The number of hydrogen-bond donors (Lipinski definition) is 0. The third-order valence-electron chi connectivity index (χ3n) is 1.81. The number of aromatic nitrogens is 1. The molecule has 2 rings (SSSR count). The molecule has 78 valence electrons. The summed E-state index contributed by atoms with van der Waals surface area (Å²) >= 11 is 0. The normalized spacial score (nSPS) is 10.6. The topological polar surface area (TPSA) is 35.3 Å². The van der Waals surface area contributed by atoms with E-state index in [0.29, 0.717) is 5.69 Å². The Labute approximate surface area is 84.3 Å². The van der Waals surface area contributed by atoms with Crippen LogP contribution in [0.2, 0.25) is 0 Å². The smallest absolute Gasteiger partial charge is 0.387 e. The van der Waals surface area contributed by atoms with Crippen LogP contribution in [-0.2, 0) is 0 Å². The molecule has 0 aliphatic rings. The van der Waals surface area contributed by atoms with Gasteiger partial charge in [0.05, 0.1) is 0 Å². The van der Waals surface area contributed by atoms with Gasteiger partial charge in [0.2, 0.25) is 0 Å². The summed E-state index contributed by atoms with van der Waals surface area (Å²) < 4.78 is 32.6. The Morgan fingerprint density at radius 1 is 1.13 bits per heavy atom. The van der Waals surface area contributed by atoms with E-state index in [1.807, 2.05) is 0 Å². The standard InChI is InChI=1S/C10H7F2NO2/c11-10(12)15-8-3-1-7(2-4-8)9-5-6-14-13-9/h1-6,10H. The third-order valence-corrected chi connectivity index (χ3v) is 1.81. The highest BCUT2D eigenvalue weighted by molar-refractivity contribution is 5.58. The van der Waals surface area contributed by atoms with Gasteiger partial charge in [-0.3, -0.25) is 0 Å². The second kappa shape index (κ2) is 4.08. The average Bonchev–Trinajstić information content (AvgIpc) is 2.71. The zero-order valence-corrected chi connectivity index (χ0v) is 7.56. The summed E-state index contributed by atoms with van der Waals surface area (Å²) in [7, 11) is 0. The second-order valence-electron chi connectivity index (χ2n) is 2.79. The fourth-order valence-electron chi connectivity index (χ4n) is 1.17. The van der Waals surface area contributed by atoms with E-state index < -0.39 is 6.61 Å². The fraction of sp³-hybridized carbons (Fsp3) is 0.100. The maximum Gasteiger partial charge on any atom is 0.387 e. The minimum absolute atomic E-state index is 0.122. The van der Waals surface area contributed by atoms with E-state index in [1.165, 1.54) is 18.4 Å². The molecule has 0 aliphatic heterocycles. The number of alkyl halides is 2. The van der Waals surface area contributed by atoms with Gasteiger partial charge in [-0.05, 0) is 24.3 Å². The molecule has 0 amide bonds. The first-order chi connectivity index (χ1) is 7.25. The van der Waals surface area contributed by atoms with Crippen LogP contribution in [0.5, 0.6) is 5.75 Å². The predicted molar refractivity (Wildman–Crippen MR) is 48.6 cm³/mol. The quantitative estimate of drug-likeness (QED) is 0.782. The van der Waals surface area contributed by atoms with Gasteiger partial charge in [-0.1, -0.05) is 5.16 Å². The van der Waals surface area contributed by atoms with Gasteiger partial charge < -0.3 is 9.26 Å². The Balaban J connectivity index is 2.17. The Kier molecular flexibility index (Phi) is 2.62. The molecule has 1 aromatic heterocycles. The molecule has 15 heavy (non-hydrogen) atoms. The number of hydrogen-bond acceptors (Lipinski definition) is 3. The molecule has 3 nitrogen and oxygen atoms in total. The first-order valence-electron chi connectivity index (χ1n) is 4.21. The second-order valence-corrected chi connectivity index (χ2v) is 2.79. The molecule has 0 saturated heterocycles. The molecule has 0 fully saturated rings. The van der Waals surface area contributed by atoms with Crippen molar-refractivity contribution in [2.75, 3.05) is 0 Å². The number of rotatable bonds is 3. The van der Waals surface area contributed by atoms with Gasteiger partial charge in [0.1, 0.15) is 17.7 Å². The molecule has 0 radical (unpaired) electrons. The van der Waals surface area contributed by atoms with Crippen LogP contribution in [0, 0.1) is 0 Å². The molecular weight excluding hydrogens is 204 g/mol. The van der Waals surface area contributed by atoms with Crippen LogP contribution in [0.15, 0.2) is 41.1 Å². The van der Waals surface area contributed by atoms with E-state index >= 15 is 0 Å². The lowest BCUT2D eigenvalue weighted by atomic mass is 10.1. The first kappa shape index (κ1) is 9.64. The number of ether oxygens (including phenoxy) is 1. The summed E-state index contributed by atoms with van der Waals surface area (Å²) in [5.74, 6) is 0.122. The van der Waals surface area contributed by atoms with E-state index in [1.54, 1.807) is 18.2 Å². The van der Waals surface area contributed by atoms with Crippen molar-refractivity contribution < 1.29 is 18.0 Å². The van der Waals surface area contributed by atoms with Gasteiger partial charge in [0, 0.05) is 11.6 Å². The van der Waals surface area contributed by atoms with Crippen molar-refractivity contribution in [2.45, 2.75) is 6.61 Å². The summed E-state index contributed by atoms with van der Waals surface area (Å²) in [6, 6.07) is 7.86. The SMILES string of the molecule is FC(F)Oc1ccc(-c2ccon2)cc1. The van der Waals surface area contributed by atoms with Crippen molar-refractivity contribution in [1.29, 1.82) is 0 Å². The van der Waals surface area contributed by atoms with Gasteiger partial charge >= 0.3 is 6.61 Å². The van der Waals surface area contributed by atoms with Crippen molar-refractivity contribution in [3.8, 4) is 17.0 Å². The minimum atomic E-state index is -2.80. The van der Waals surface area contributed by atoms with Crippen molar-refractivity contribution >= 4 is 0 Å². The van der Waals surface area contributed by atoms with Crippen LogP contribution >= 0.6 is 0 Å². The molecular formula is C10H7F2NO2. The first-order valence-corrected chi connectivity index (χ1v) is 4.21. The van der Waals surface area contributed by atoms with Gasteiger partial charge in [-0.25, -0.2) is 0 Å². The molecule has 1 aromatic carbocycles. The number of benzene rings is 1. The van der Waals surface area contributed by atoms with Crippen LogP contribution < -0.4 is 4.74 Å². The zero-order valence-electron chi connectivity index (χ0n) is 7.56. The van der Waals surface area contributed by atoms with Gasteiger partial charge in [0.25, 0.3) is 0 Å².